The van der Waals surface area contributed by atoms with E-state index in [1.54, 1.807) is 23.3 Å². The monoisotopic (exact) mass is 378 g/mol. The molecule has 0 aromatic carbocycles. The molecule has 1 saturated heterocycles. The van der Waals surface area contributed by atoms with Crippen LogP contribution in [0.2, 0.25) is 0 Å². The van der Waals surface area contributed by atoms with Crippen molar-refractivity contribution >= 4 is 16.9 Å². The lowest BCUT2D eigenvalue weighted by atomic mass is 9.96. The SMILES string of the molecule is Cc1cc2ncnc(N3CCC(Cn4cnc(C5CC5)cc4=O)CC3)c2n1C. The van der Waals surface area contributed by atoms with E-state index in [1.807, 2.05) is 0 Å². The largest absolute Gasteiger partial charge is 0.355 e. The first-order valence-corrected chi connectivity index (χ1v) is 10.2. The summed E-state index contributed by atoms with van der Waals surface area (Å²) in [6, 6.07) is 3.85. The van der Waals surface area contributed by atoms with Gasteiger partial charge in [-0.05, 0) is 44.6 Å². The Morgan fingerprint density at radius 1 is 1.07 bits per heavy atom. The highest BCUT2D eigenvalue weighted by Crippen LogP contribution is 2.38. The number of rotatable bonds is 4. The van der Waals surface area contributed by atoms with Crippen LogP contribution >= 0.6 is 0 Å². The summed E-state index contributed by atoms with van der Waals surface area (Å²) in [6.45, 7) is 4.75. The Kier molecular flexibility index (Phi) is 4.18. The lowest BCUT2D eigenvalue weighted by molar-refractivity contribution is 0.350. The molecule has 146 valence electrons. The maximum atomic E-state index is 12.4. The minimum absolute atomic E-state index is 0.0936. The van der Waals surface area contributed by atoms with Crippen molar-refractivity contribution in [3.63, 3.8) is 0 Å². The zero-order valence-electron chi connectivity index (χ0n) is 16.5. The Bertz CT molecular complexity index is 1070. The van der Waals surface area contributed by atoms with Crippen LogP contribution in [-0.2, 0) is 13.6 Å². The van der Waals surface area contributed by atoms with Gasteiger partial charge < -0.3 is 9.47 Å². The van der Waals surface area contributed by atoms with Crippen LogP contribution in [0.15, 0.2) is 29.6 Å². The Balaban J connectivity index is 1.29. The first-order chi connectivity index (χ1) is 13.6. The average molecular weight is 378 g/mol. The fourth-order valence-electron chi connectivity index (χ4n) is 4.30. The van der Waals surface area contributed by atoms with E-state index in [1.165, 1.54) is 18.5 Å². The molecule has 0 spiro atoms. The van der Waals surface area contributed by atoms with E-state index in [0.29, 0.717) is 11.8 Å². The Morgan fingerprint density at radius 3 is 2.57 bits per heavy atom. The second-order valence-electron chi connectivity index (χ2n) is 8.28. The number of piperidine rings is 1. The summed E-state index contributed by atoms with van der Waals surface area (Å²) in [6.07, 6.45) is 7.86. The third kappa shape index (κ3) is 3.08. The molecule has 1 saturated carbocycles. The van der Waals surface area contributed by atoms with Gasteiger partial charge in [0.05, 0.1) is 17.5 Å². The summed E-state index contributed by atoms with van der Waals surface area (Å²) in [5.74, 6) is 2.04. The highest BCUT2D eigenvalue weighted by atomic mass is 16.1. The molecule has 4 heterocycles. The molecule has 0 atom stereocenters. The van der Waals surface area contributed by atoms with Crippen LogP contribution in [0.1, 0.15) is 43.0 Å². The summed E-state index contributed by atoms with van der Waals surface area (Å²) in [5, 5.41) is 0. The Hall–Kier alpha value is -2.70. The number of anilines is 1. The number of nitrogens with zero attached hydrogens (tertiary/aromatic N) is 6. The lowest BCUT2D eigenvalue weighted by Gasteiger charge is -2.33. The molecule has 0 unspecified atom stereocenters. The summed E-state index contributed by atoms with van der Waals surface area (Å²) >= 11 is 0. The molecule has 0 radical (unpaired) electrons. The van der Waals surface area contributed by atoms with Crippen molar-refractivity contribution in [2.45, 2.75) is 45.1 Å². The topological polar surface area (TPSA) is 68.8 Å². The highest BCUT2D eigenvalue weighted by molar-refractivity contribution is 5.87. The van der Waals surface area contributed by atoms with Gasteiger partial charge in [-0.2, -0.15) is 0 Å². The minimum Gasteiger partial charge on any atom is -0.355 e. The van der Waals surface area contributed by atoms with Gasteiger partial charge in [0.2, 0.25) is 0 Å². The van der Waals surface area contributed by atoms with Crippen LogP contribution in [0.5, 0.6) is 0 Å². The number of aryl methyl sites for hydroxylation is 2. The summed E-state index contributed by atoms with van der Waals surface area (Å²) in [4.78, 5) is 28.3. The minimum atomic E-state index is 0.0936. The smallest absolute Gasteiger partial charge is 0.253 e. The molecule has 0 amide bonds. The molecule has 7 nitrogen and oxygen atoms in total. The molecule has 7 heteroatoms. The molecule has 1 aliphatic heterocycles. The van der Waals surface area contributed by atoms with Gasteiger partial charge in [-0.3, -0.25) is 9.36 Å². The second-order valence-corrected chi connectivity index (χ2v) is 8.28. The van der Waals surface area contributed by atoms with Crippen LogP contribution < -0.4 is 10.5 Å². The molecule has 28 heavy (non-hydrogen) atoms. The van der Waals surface area contributed by atoms with Gasteiger partial charge in [0.1, 0.15) is 11.8 Å². The maximum absolute atomic E-state index is 12.4. The first-order valence-electron chi connectivity index (χ1n) is 10.2. The van der Waals surface area contributed by atoms with Crippen molar-refractivity contribution in [1.82, 2.24) is 24.1 Å². The van der Waals surface area contributed by atoms with Crippen LogP contribution in [0.4, 0.5) is 5.82 Å². The molecular weight excluding hydrogens is 352 g/mol. The normalized spacial score (nSPS) is 18.1. The van der Waals surface area contributed by atoms with Gasteiger partial charge in [0, 0.05) is 44.4 Å². The third-order valence-corrected chi connectivity index (χ3v) is 6.31. The Morgan fingerprint density at radius 2 is 1.86 bits per heavy atom. The fourth-order valence-corrected chi connectivity index (χ4v) is 4.30. The molecule has 2 aliphatic rings. The number of aromatic nitrogens is 5. The van der Waals surface area contributed by atoms with E-state index in [9.17, 15) is 4.79 Å². The van der Waals surface area contributed by atoms with Gasteiger partial charge in [-0.25, -0.2) is 15.0 Å². The molecule has 1 aliphatic carbocycles. The summed E-state index contributed by atoms with van der Waals surface area (Å²) in [5.41, 5.74) is 4.36. The summed E-state index contributed by atoms with van der Waals surface area (Å²) in [7, 11) is 2.07. The molecular formula is C21H26N6O. The van der Waals surface area contributed by atoms with E-state index in [0.717, 1.165) is 55.0 Å². The van der Waals surface area contributed by atoms with Crippen LogP contribution in [0.3, 0.4) is 0 Å². The lowest BCUT2D eigenvalue weighted by Crippen LogP contribution is -2.37. The molecule has 3 aromatic heterocycles. The van der Waals surface area contributed by atoms with Crippen molar-refractivity contribution in [2.75, 3.05) is 18.0 Å². The maximum Gasteiger partial charge on any atom is 0.253 e. The average Bonchev–Trinajstić information content (AvgIpc) is 3.50. The van der Waals surface area contributed by atoms with E-state index >= 15 is 0 Å². The number of hydrogen-bond donors (Lipinski definition) is 0. The zero-order chi connectivity index (χ0) is 19.3. The predicted molar refractivity (Wildman–Crippen MR) is 109 cm³/mol. The Labute approximate surface area is 164 Å². The quantitative estimate of drug-likeness (QED) is 0.698. The summed E-state index contributed by atoms with van der Waals surface area (Å²) < 4.78 is 3.96. The van der Waals surface area contributed by atoms with Crippen LogP contribution in [-0.4, -0.2) is 37.2 Å². The van der Waals surface area contributed by atoms with E-state index < -0.39 is 0 Å². The van der Waals surface area contributed by atoms with Gasteiger partial charge in [-0.1, -0.05) is 0 Å². The molecule has 0 N–H and O–H groups in total. The van der Waals surface area contributed by atoms with E-state index in [4.69, 9.17) is 0 Å². The molecule has 5 rings (SSSR count). The van der Waals surface area contributed by atoms with Gasteiger partial charge >= 0.3 is 0 Å². The number of fused-ring (bicyclic) bond motifs is 1. The van der Waals surface area contributed by atoms with Gasteiger partial charge in [0.25, 0.3) is 5.56 Å². The third-order valence-electron chi connectivity index (χ3n) is 6.31. The van der Waals surface area contributed by atoms with Crippen LogP contribution in [0.25, 0.3) is 11.0 Å². The number of hydrogen-bond acceptors (Lipinski definition) is 5. The van der Waals surface area contributed by atoms with Crippen molar-refractivity contribution in [2.24, 2.45) is 13.0 Å². The predicted octanol–water partition coefficient (Wildman–Crippen LogP) is 2.63. The standard InChI is InChI=1S/C21H26N6O/c1-14-9-18-20(25(14)2)21(23-12-22-18)26-7-5-15(6-8-26)11-27-13-24-17(10-19(27)28)16-3-4-16/h9-10,12-13,15-16H,3-8,11H2,1-2H3. The zero-order valence-corrected chi connectivity index (χ0v) is 16.5. The van der Waals surface area contributed by atoms with Crippen LogP contribution in [0, 0.1) is 12.8 Å². The fraction of sp³-hybridized carbons (Fsp3) is 0.524. The molecule has 0 bridgehead atoms. The van der Waals surface area contributed by atoms with Crippen molar-refractivity contribution in [3.8, 4) is 0 Å². The van der Waals surface area contributed by atoms with Crippen molar-refractivity contribution < 1.29 is 0 Å². The first kappa shape index (κ1) is 17.4. The van der Waals surface area contributed by atoms with Gasteiger partial charge in [-0.15, -0.1) is 0 Å². The molecule has 2 fully saturated rings. The van der Waals surface area contributed by atoms with Crippen molar-refractivity contribution in [1.29, 1.82) is 0 Å². The second kappa shape index (κ2) is 6.72. The molecule has 3 aromatic rings. The van der Waals surface area contributed by atoms with E-state index in [2.05, 4.69) is 44.5 Å². The highest BCUT2D eigenvalue weighted by Gasteiger charge is 2.26. The van der Waals surface area contributed by atoms with Crippen molar-refractivity contribution in [3.05, 3.63) is 46.5 Å². The van der Waals surface area contributed by atoms with Gasteiger partial charge in [0.15, 0.2) is 5.82 Å². The van der Waals surface area contributed by atoms with E-state index in [-0.39, 0.29) is 5.56 Å².